The quantitative estimate of drug-likeness (QED) is 0.352. The Kier molecular flexibility index (Phi) is 7.27. The molecule has 1 atom stereocenters. The lowest BCUT2D eigenvalue weighted by Gasteiger charge is -2.17. The highest BCUT2D eigenvalue weighted by Gasteiger charge is 2.30. The number of aromatic nitrogens is 3. The Morgan fingerprint density at radius 1 is 1.19 bits per heavy atom. The van der Waals surface area contributed by atoms with Crippen LogP contribution in [0.1, 0.15) is 30.1 Å². The number of halogens is 1. The van der Waals surface area contributed by atoms with Gasteiger partial charge in [-0.15, -0.1) is 10.2 Å². The second kappa shape index (κ2) is 10.3. The number of nitrogens with zero attached hydrogens (tertiary/aromatic N) is 3. The molecule has 1 saturated carbocycles. The second-order valence-corrected chi connectivity index (χ2v) is 8.95. The highest BCUT2D eigenvalue weighted by atomic mass is 35.5. The molecular formula is C23H25ClN4O2S. The third-order valence-electron chi connectivity index (χ3n) is 5.05. The van der Waals surface area contributed by atoms with E-state index in [0.717, 1.165) is 30.4 Å². The van der Waals surface area contributed by atoms with Gasteiger partial charge in [-0.05, 0) is 37.0 Å². The van der Waals surface area contributed by atoms with Gasteiger partial charge in [0.2, 0.25) is 5.91 Å². The molecule has 0 spiro atoms. The summed E-state index contributed by atoms with van der Waals surface area (Å²) < 4.78 is 7.27. The van der Waals surface area contributed by atoms with Crippen molar-refractivity contribution in [3.05, 3.63) is 65.2 Å². The molecule has 4 rings (SSSR count). The molecule has 1 aromatic heterocycles. The van der Waals surface area contributed by atoms with Gasteiger partial charge in [0.15, 0.2) is 11.0 Å². The lowest BCUT2D eigenvalue weighted by molar-refractivity contribution is -0.120. The van der Waals surface area contributed by atoms with E-state index in [1.54, 1.807) is 7.11 Å². The van der Waals surface area contributed by atoms with Crippen LogP contribution in [-0.2, 0) is 16.1 Å². The molecule has 6 nitrogen and oxygen atoms in total. The number of rotatable bonds is 10. The Morgan fingerprint density at radius 3 is 2.65 bits per heavy atom. The van der Waals surface area contributed by atoms with Crippen LogP contribution in [0.25, 0.3) is 11.4 Å². The number of hydrogen-bond donors (Lipinski definition) is 1. The zero-order valence-electron chi connectivity index (χ0n) is 17.3. The van der Waals surface area contributed by atoms with Gasteiger partial charge < -0.3 is 14.6 Å². The monoisotopic (exact) mass is 456 g/mol. The molecule has 31 heavy (non-hydrogen) atoms. The summed E-state index contributed by atoms with van der Waals surface area (Å²) in [4.78, 5) is 13.1. The smallest absolute Gasteiger partial charge is 0.238 e. The minimum Gasteiger partial charge on any atom is -0.385 e. The molecule has 0 aliphatic heterocycles. The van der Waals surface area contributed by atoms with Crippen molar-refractivity contribution < 1.29 is 9.53 Å². The summed E-state index contributed by atoms with van der Waals surface area (Å²) in [5, 5.41) is 12.9. The van der Waals surface area contributed by atoms with E-state index in [1.165, 1.54) is 11.8 Å². The average molecular weight is 457 g/mol. The number of benzene rings is 2. The van der Waals surface area contributed by atoms with E-state index in [2.05, 4.69) is 15.5 Å². The molecule has 1 heterocycles. The Morgan fingerprint density at radius 2 is 1.94 bits per heavy atom. The SMILES string of the molecule is COCCCn1c(S[C@@H](C(=O)NC2CC2)c2ccccc2)nnc1-c1ccccc1Cl. The largest absolute Gasteiger partial charge is 0.385 e. The van der Waals surface area contributed by atoms with E-state index in [-0.39, 0.29) is 11.9 Å². The fraction of sp³-hybridized carbons (Fsp3) is 0.348. The van der Waals surface area contributed by atoms with Crippen molar-refractivity contribution in [3.63, 3.8) is 0 Å². The van der Waals surface area contributed by atoms with Crippen molar-refractivity contribution in [2.75, 3.05) is 13.7 Å². The molecule has 0 bridgehead atoms. The number of carbonyl (C=O) groups excluding carboxylic acids is 1. The topological polar surface area (TPSA) is 69.0 Å². The molecule has 2 aromatic carbocycles. The summed E-state index contributed by atoms with van der Waals surface area (Å²) in [5.41, 5.74) is 1.76. The maximum absolute atomic E-state index is 13.1. The van der Waals surface area contributed by atoms with Crippen LogP contribution in [0.4, 0.5) is 0 Å². The summed E-state index contributed by atoms with van der Waals surface area (Å²) >= 11 is 7.86. The highest BCUT2D eigenvalue weighted by molar-refractivity contribution is 8.00. The first kappa shape index (κ1) is 21.9. The summed E-state index contributed by atoms with van der Waals surface area (Å²) in [7, 11) is 1.68. The van der Waals surface area contributed by atoms with Crippen molar-refractivity contribution in [2.24, 2.45) is 0 Å². The fourth-order valence-corrected chi connectivity index (χ4v) is 4.59. The summed E-state index contributed by atoms with van der Waals surface area (Å²) in [5.74, 6) is 0.697. The van der Waals surface area contributed by atoms with E-state index in [4.69, 9.17) is 16.3 Å². The maximum Gasteiger partial charge on any atom is 0.238 e. The zero-order chi connectivity index (χ0) is 21.6. The van der Waals surface area contributed by atoms with Crippen molar-refractivity contribution in [2.45, 2.75) is 42.3 Å². The van der Waals surface area contributed by atoms with E-state index in [9.17, 15) is 4.79 Å². The molecule has 0 radical (unpaired) electrons. The predicted octanol–water partition coefficient (Wildman–Crippen LogP) is 4.75. The molecule has 1 aliphatic carbocycles. The highest BCUT2D eigenvalue weighted by Crippen LogP contribution is 2.38. The van der Waals surface area contributed by atoms with Gasteiger partial charge in [-0.3, -0.25) is 4.79 Å². The lowest BCUT2D eigenvalue weighted by atomic mass is 10.1. The third kappa shape index (κ3) is 5.47. The summed E-state index contributed by atoms with van der Waals surface area (Å²) in [6, 6.07) is 17.7. The van der Waals surface area contributed by atoms with Crippen LogP contribution in [0.15, 0.2) is 59.8 Å². The molecule has 1 amide bonds. The van der Waals surface area contributed by atoms with E-state index >= 15 is 0 Å². The first-order valence-corrected chi connectivity index (χ1v) is 11.6. The standard InChI is InChI=1S/C23H25ClN4O2S/c1-30-15-7-14-28-21(18-10-5-6-11-19(18)24)26-27-23(28)31-20(16-8-3-2-4-9-16)22(29)25-17-12-13-17/h2-6,8-11,17,20H,7,12-15H2,1H3,(H,25,29)/t20-/m1/s1. The fourth-order valence-electron chi connectivity index (χ4n) is 3.30. The van der Waals surface area contributed by atoms with Crippen molar-refractivity contribution in [1.82, 2.24) is 20.1 Å². The van der Waals surface area contributed by atoms with Crippen molar-refractivity contribution >= 4 is 29.3 Å². The van der Waals surface area contributed by atoms with Crippen molar-refractivity contribution in [1.29, 1.82) is 0 Å². The number of thioether (sulfide) groups is 1. The van der Waals surface area contributed by atoms with Crippen LogP contribution in [-0.4, -0.2) is 40.4 Å². The number of amides is 1. The molecule has 162 valence electrons. The van der Waals surface area contributed by atoms with E-state index in [0.29, 0.717) is 29.2 Å². The third-order valence-corrected chi connectivity index (χ3v) is 6.61. The second-order valence-electron chi connectivity index (χ2n) is 7.48. The van der Waals surface area contributed by atoms with E-state index in [1.807, 2.05) is 59.2 Å². The van der Waals surface area contributed by atoms with Gasteiger partial charge in [0.05, 0.1) is 5.02 Å². The van der Waals surface area contributed by atoms with Crippen LogP contribution in [0.2, 0.25) is 5.02 Å². The maximum atomic E-state index is 13.1. The average Bonchev–Trinajstić information content (AvgIpc) is 3.52. The molecule has 1 fully saturated rings. The lowest BCUT2D eigenvalue weighted by Crippen LogP contribution is -2.30. The summed E-state index contributed by atoms with van der Waals surface area (Å²) in [6.45, 7) is 1.28. The van der Waals surface area contributed by atoms with E-state index < -0.39 is 5.25 Å². The van der Waals surface area contributed by atoms with Crippen molar-refractivity contribution in [3.8, 4) is 11.4 Å². The van der Waals surface area contributed by atoms with Crippen LogP contribution >= 0.6 is 23.4 Å². The molecule has 1 N–H and O–H groups in total. The number of methoxy groups -OCH3 is 1. The molecule has 8 heteroatoms. The minimum absolute atomic E-state index is 0.00411. The molecule has 3 aromatic rings. The Hall–Kier alpha value is -2.35. The van der Waals surface area contributed by atoms with Crippen LogP contribution in [0.3, 0.4) is 0 Å². The normalized spacial score (nSPS) is 14.4. The Bertz CT molecular complexity index is 1020. The van der Waals surface area contributed by atoms with Gasteiger partial charge in [0.25, 0.3) is 0 Å². The van der Waals surface area contributed by atoms with Gasteiger partial charge in [0.1, 0.15) is 5.25 Å². The molecule has 0 saturated heterocycles. The molecule has 0 unspecified atom stereocenters. The van der Waals surface area contributed by atoms with Gasteiger partial charge in [-0.25, -0.2) is 0 Å². The Balaban J connectivity index is 1.67. The van der Waals surface area contributed by atoms with Gasteiger partial charge in [-0.1, -0.05) is 65.8 Å². The van der Waals surface area contributed by atoms with Crippen LogP contribution in [0.5, 0.6) is 0 Å². The number of nitrogens with one attached hydrogen (secondary N) is 1. The number of ether oxygens (including phenoxy) is 1. The number of hydrogen-bond acceptors (Lipinski definition) is 5. The predicted molar refractivity (Wildman–Crippen MR) is 123 cm³/mol. The molecule has 1 aliphatic rings. The van der Waals surface area contributed by atoms with Crippen LogP contribution < -0.4 is 5.32 Å². The Labute approximate surface area is 191 Å². The van der Waals surface area contributed by atoms with Gasteiger partial charge in [-0.2, -0.15) is 0 Å². The summed E-state index contributed by atoms with van der Waals surface area (Å²) in [6.07, 6.45) is 2.88. The van der Waals surface area contributed by atoms with Crippen LogP contribution in [0, 0.1) is 0 Å². The minimum atomic E-state index is -0.411. The number of carbonyl (C=O) groups is 1. The zero-order valence-corrected chi connectivity index (χ0v) is 18.9. The first-order valence-electron chi connectivity index (χ1n) is 10.4. The first-order chi connectivity index (χ1) is 15.2. The van der Waals surface area contributed by atoms with Gasteiger partial charge >= 0.3 is 0 Å². The van der Waals surface area contributed by atoms with Gasteiger partial charge in [0, 0.05) is 31.9 Å². The molecular weight excluding hydrogens is 432 g/mol.